The van der Waals surface area contributed by atoms with E-state index in [0.29, 0.717) is 0 Å². The van der Waals surface area contributed by atoms with Crippen LogP contribution in [0.1, 0.15) is 36.4 Å². The number of rotatable bonds is 7. The molecule has 0 amide bonds. The fourth-order valence-electron chi connectivity index (χ4n) is 1.96. The van der Waals surface area contributed by atoms with Crippen LogP contribution >= 0.6 is 11.3 Å². The van der Waals surface area contributed by atoms with Gasteiger partial charge in [-0.05, 0) is 19.8 Å². The van der Waals surface area contributed by atoms with Gasteiger partial charge in [0.2, 0.25) is 0 Å². The van der Waals surface area contributed by atoms with Gasteiger partial charge in [0.25, 0.3) is 0 Å². The Morgan fingerprint density at radius 3 is 2.45 bits per heavy atom. The van der Waals surface area contributed by atoms with Crippen molar-refractivity contribution in [3.63, 3.8) is 0 Å². The van der Waals surface area contributed by atoms with Crippen molar-refractivity contribution >= 4 is 23.0 Å². The predicted octanol–water partition coefficient (Wildman–Crippen LogP) is 3.24. The molecule has 2 rings (SSSR count). The number of hydrogen-bond donors (Lipinski definition) is 2. The molecular formula is C14H21N5S. The number of aromatic nitrogens is 3. The fourth-order valence-corrected chi connectivity index (χ4v) is 2.67. The predicted molar refractivity (Wildman–Crippen MR) is 84.4 cm³/mol. The third-order valence-electron chi connectivity index (χ3n) is 3.10. The molecule has 0 saturated carbocycles. The van der Waals surface area contributed by atoms with Gasteiger partial charge in [-0.25, -0.2) is 15.0 Å². The molecular weight excluding hydrogens is 270 g/mol. The molecule has 2 aromatic heterocycles. The zero-order chi connectivity index (χ0) is 14.4. The Labute approximate surface area is 123 Å². The molecule has 5 nitrogen and oxygen atoms in total. The fraction of sp³-hybridized carbons (Fsp3) is 0.500. The van der Waals surface area contributed by atoms with Gasteiger partial charge >= 0.3 is 0 Å². The van der Waals surface area contributed by atoms with Crippen molar-refractivity contribution in [3.05, 3.63) is 28.0 Å². The van der Waals surface area contributed by atoms with Crippen molar-refractivity contribution < 1.29 is 0 Å². The molecule has 2 heterocycles. The molecule has 0 atom stereocenters. The molecule has 108 valence electrons. The number of nitrogens with one attached hydrogen (secondary N) is 2. The minimum atomic E-state index is 0.758. The zero-order valence-electron chi connectivity index (χ0n) is 12.2. The normalized spacial score (nSPS) is 10.6. The summed E-state index contributed by atoms with van der Waals surface area (Å²) in [6, 6.07) is 0. The topological polar surface area (TPSA) is 62.7 Å². The average Bonchev–Trinajstić information content (AvgIpc) is 2.88. The summed E-state index contributed by atoms with van der Waals surface area (Å²) in [7, 11) is 0. The summed E-state index contributed by atoms with van der Waals surface area (Å²) in [6.07, 6.45) is 3.59. The van der Waals surface area contributed by atoms with E-state index in [4.69, 9.17) is 0 Å². The Hall–Kier alpha value is -1.69. The lowest BCUT2D eigenvalue weighted by atomic mass is 10.2. The molecule has 0 aliphatic carbocycles. The van der Waals surface area contributed by atoms with Crippen LogP contribution in [-0.4, -0.2) is 21.5 Å². The van der Waals surface area contributed by atoms with Crippen LogP contribution in [0.4, 0.5) is 11.6 Å². The molecule has 0 spiro atoms. The van der Waals surface area contributed by atoms with E-state index >= 15 is 0 Å². The molecule has 0 saturated heterocycles. The van der Waals surface area contributed by atoms with Crippen LogP contribution in [0.5, 0.6) is 0 Å². The summed E-state index contributed by atoms with van der Waals surface area (Å²) in [6.45, 7) is 7.98. The molecule has 6 heteroatoms. The smallest absolute Gasteiger partial charge is 0.135 e. The van der Waals surface area contributed by atoms with E-state index in [-0.39, 0.29) is 0 Å². The van der Waals surface area contributed by atoms with Crippen LogP contribution in [0.2, 0.25) is 0 Å². The van der Waals surface area contributed by atoms with Gasteiger partial charge in [-0.15, -0.1) is 11.3 Å². The van der Waals surface area contributed by atoms with Gasteiger partial charge in [0.1, 0.15) is 18.0 Å². The van der Waals surface area contributed by atoms with Gasteiger partial charge in [-0.3, -0.25) is 0 Å². The number of thiazole rings is 1. The SMILES string of the molecule is CCCNc1ncnc(NCc2scnc2C)c1CC. The first-order chi connectivity index (χ1) is 9.76. The molecule has 0 aliphatic heterocycles. The Balaban J connectivity index is 2.12. The molecule has 0 fully saturated rings. The van der Waals surface area contributed by atoms with Crippen molar-refractivity contribution in [2.45, 2.75) is 40.2 Å². The van der Waals surface area contributed by atoms with E-state index in [9.17, 15) is 0 Å². The number of nitrogens with zero attached hydrogens (tertiary/aromatic N) is 3. The maximum absolute atomic E-state index is 4.37. The molecule has 0 aliphatic rings. The third kappa shape index (κ3) is 3.45. The summed E-state index contributed by atoms with van der Waals surface area (Å²) >= 11 is 1.67. The molecule has 20 heavy (non-hydrogen) atoms. The van der Waals surface area contributed by atoms with E-state index in [2.05, 4.69) is 39.4 Å². The quantitative estimate of drug-likeness (QED) is 0.820. The largest absolute Gasteiger partial charge is 0.370 e. The molecule has 2 N–H and O–H groups in total. The summed E-state index contributed by atoms with van der Waals surface area (Å²) in [5.41, 5.74) is 4.10. The number of aryl methyl sites for hydroxylation is 1. The number of hydrogen-bond acceptors (Lipinski definition) is 6. The Bertz CT molecular complexity index is 552. The van der Waals surface area contributed by atoms with Gasteiger partial charge in [0.15, 0.2) is 0 Å². The van der Waals surface area contributed by atoms with Crippen molar-refractivity contribution in [1.29, 1.82) is 0 Å². The first-order valence-corrected chi connectivity index (χ1v) is 7.84. The standard InChI is InChI=1S/C14H21N5S/c1-4-6-15-13-11(5-2)14(18-8-17-13)16-7-12-10(3)19-9-20-12/h8-9H,4-7H2,1-3H3,(H2,15,16,17,18). The molecule has 0 radical (unpaired) electrons. The van der Waals surface area contributed by atoms with E-state index < -0.39 is 0 Å². The minimum absolute atomic E-state index is 0.758. The van der Waals surface area contributed by atoms with Crippen LogP contribution < -0.4 is 10.6 Å². The second-order valence-corrected chi connectivity index (χ2v) is 5.48. The van der Waals surface area contributed by atoms with E-state index in [1.807, 2.05) is 12.4 Å². The highest BCUT2D eigenvalue weighted by Gasteiger charge is 2.10. The summed E-state index contributed by atoms with van der Waals surface area (Å²) in [4.78, 5) is 14.2. The van der Waals surface area contributed by atoms with E-state index in [1.165, 1.54) is 4.88 Å². The van der Waals surface area contributed by atoms with E-state index in [1.54, 1.807) is 17.7 Å². The van der Waals surface area contributed by atoms with Crippen LogP contribution in [0.3, 0.4) is 0 Å². The average molecular weight is 291 g/mol. The first kappa shape index (κ1) is 14.7. The monoisotopic (exact) mass is 291 g/mol. The van der Waals surface area contributed by atoms with Gasteiger partial charge in [0, 0.05) is 17.0 Å². The van der Waals surface area contributed by atoms with Crippen molar-refractivity contribution in [2.24, 2.45) is 0 Å². The summed E-state index contributed by atoms with van der Waals surface area (Å²) in [5.74, 6) is 1.85. The highest BCUT2D eigenvalue weighted by molar-refractivity contribution is 7.09. The van der Waals surface area contributed by atoms with Crippen LogP contribution in [0.25, 0.3) is 0 Å². The summed E-state index contributed by atoms with van der Waals surface area (Å²) < 4.78 is 0. The Morgan fingerprint density at radius 2 is 1.85 bits per heavy atom. The first-order valence-electron chi connectivity index (χ1n) is 6.96. The van der Waals surface area contributed by atoms with E-state index in [0.717, 1.165) is 48.8 Å². The van der Waals surface area contributed by atoms with Crippen LogP contribution in [0.15, 0.2) is 11.8 Å². The maximum atomic E-state index is 4.37. The van der Waals surface area contributed by atoms with Crippen LogP contribution in [-0.2, 0) is 13.0 Å². The second kappa shape index (κ2) is 7.19. The highest BCUT2D eigenvalue weighted by atomic mass is 32.1. The minimum Gasteiger partial charge on any atom is -0.370 e. The Kier molecular flexibility index (Phi) is 5.29. The summed E-state index contributed by atoms with van der Waals surface area (Å²) in [5, 5.41) is 6.76. The molecule has 0 aromatic carbocycles. The van der Waals surface area contributed by atoms with Gasteiger partial charge in [0.05, 0.1) is 17.7 Å². The van der Waals surface area contributed by atoms with Crippen molar-refractivity contribution in [2.75, 3.05) is 17.2 Å². The second-order valence-electron chi connectivity index (χ2n) is 4.54. The zero-order valence-corrected chi connectivity index (χ0v) is 13.0. The third-order valence-corrected chi connectivity index (χ3v) is 4.04. The maximum Gasteiger partial charge on any atom is 0.135 e. The van der Waals surface area contributed by atoms with Gasteiger partial charge < -0.3 is 10.6 Å². The molecule has 0 bridgehead atoms. The van der Waals surface area contributed by atoms with Crippen LogP contribution in [0, 0.1) is 6.92 Å². The lowest BCUT2D eigenvalue weighted by Crippen LogP contribution is -2.10. The highest BCUT2D eigenvalue weighted by Crippen LogP contribution is 2.22. The Morgan fingerprint density at radius 1 is 1.10 bits per heavy atom. The lowest BCUT2D eigenvalue weighted by molar-refractivity contribution is 0.944. The van der Waals surface area contributed by atoms with Gasteiger partial charge in [-0.1, -0.05) is 13.8 Å². The lowest BCUT2D eigenvalue weighted by Gasteiger charge is -2.13. The number of anilines is 2. The molecule has 0 unspecified atom stereocenters. The van der Waals surface area contributed by atoms with Gasteiger partial charge in [-0.2, -0.15) is 0 Å². The van der Waals surface area contributed by atoms with Crippen molar-refractivity contribution in [3.8, 4) is 0 Å². The molecule has 2 aromatic rings. The van der Waals surface area contributed by atoms with Crippen molar-refractivity contribution in [1.82, 2.24) is 15.0 Å².